The van der Waals surface area contributed by atoms with Crippen LogP contribution in [0.3, 0.4) is 0 Å². The molecule has 0 aliphatic rings. The van der Waals surface area contributed by atoms with Crippen molar-refractivity contribution in [2.45, 2.75) is 45.7 Å². The van der Waals surface area contributed by atoms with Crippen molar-refractivity contribution in [1.29, 1.82) is 0 Å². The lowest BCUT2D eigenvalue weighted by Gasteiger charge is -2.22. The van der Waals surface area contributed by atoms with E-state index in [1.165, 1.54) is 14.0 Å². The summed E-state index contributed by atoms with van der Waals surface area (Å²) in [6, 6.07) is -1.95. The van der Waals surface area contributed by atoms with Crippen LogP contribution in [0.1, 0.15) is 33.6 Å². The number of methoxy groups -OCH3 is 2. The average molecular weight is 316 g/mol. The van der Waals surface area contributed by atoms with E-state index in [1.54, 1.807) is 0 Å². The minimum Gasteiger partial charge on any atom is -0.469 e. The lowest BCUT2D eigenvalue weighted by Crippen LogP contribution is -2.52. The maximum Gasteiger partial charge on any atom is 0.328 e. The van der Waals surface area contributed by atoms with Crippen LogP contribution in [0.15, 0.2) is 0 Å². The number of esters is 2. The summed E-state index contributed by atoms with van der Waals surface area (Å²) in [5, 5.41) is 4.94. The number of ether oxygens (including phenoxy) is 2. The molecule has 0 bridgehead atoms. The van der Waals surface area contributed by atoms with E-state index in [9.17, 15) is 19.2 Å². The van der Waals surface area contributed by atoms with Gasteiger partial charge >= 0.3 is 11.9 Å². The van der Waals surface area contributed by atoms with Crippen molar-refractivity contribution in [3.63, 3.8) is 0 Å². The van der Waals surface area contributed by atoms with Crippen molar-refractivity contribution >= 4 is 23.8 Å². The largest absolute Gasteiger partial charge is 0.469 e. The summed E-state index contributed by atoms with van der Waals surface area (Å²) < 4.78 is 9.03. The number of hydrogen-bond donors (Lipinski definition) is 2. The molecule has 0 spiro atoms. The predicted octanol–water partition coefficient (Wildman–Crippen LogP) is -0.242. The third-order valence-electron chi connectivity index (χ3n) is 2.80. The van der Waals surface area contributed by atoms with Crippen molar-refractivity contribution in [1.82, 2.24) is 10.6 Å². The fourth-order valence-corrected chi connectivity index (χ4v) is 1.81. The number of carbonyl (C=O) groups is 4. The van der Waals surface area contributed by atoms with Crippen LogP contribution in [0, 0.1) is 5.92 Å². The molecule has 0 aliphatic heterocycles. The zero-order valence-electron chi connectivity index (χ0n) is 13.6. The van der Waals surface area contributed by atoms with E-state index in [0.29, 0.717) is 6.42 Å². The highest BCUT2D eigenvalue weighted by molar-refractivity contribution is 5.91. The molecular weight excluding hydrogens is 292 g/mol. The molecule has 8 heteroatoms. The molecule has 0 rings (SSSR count). The van der Waals surface area contributed by atoms with Gasteiger partial charge in [0.1, 0.15) is 12.1 Å². The second kappa shape index (κ2) is 9.75. The molecule has 2 amide bonds. The molecule has 0 aromatic heterocycles. The van der Waals surface area contributed by atoms with Crippen LogP contribution in [0.4, 0.5) is 0 Å². The summed E-state index contributed by atoms with van der Waals surface area (Å²) in [7, 11) is 2.33. The Morgan fingerprint density at radius 3 is 1.95 bits per heavy atom. The van der Waals surface area contributed by atoms with E-state index in [4.69, 9.17) is 0 Å². The van der Waals surface area contributed by atoms with Gasteiger partial charge in [-0.15, -0.1) is 0 Å². The minimum absolute atomic E-state index is 0.153. The van der Waals surface area contributed by atoms with Crippen LogP contribution in [-0.4, -0.2) is 50.1 Å². The Morgan fingerprint density at radius 2 is 1.55 bits per heavy atom. The van der Waals surface area contributed by atoms with Crippen molar-refractivity contribution in [2.24, 2.45) is 5.92 Å². The van der Waals surface area contributed by atoms with E-state index in [1.807, 2.05) is 13.8 Å². The van der Waals surface area contributed by atoms with Crippen LogP contribution in [0.25, 0.3) is 0 Å². The zero-order chi connectivity index (χ0) is 17.3. The quantitative estimate of drug-likeness (QED) is 0.598. The molecule has 0 aromatic rings. The first-order valence-electron chi connectivity index (χ1n) is 6.93. The number of amides is 2. The second-order valence-electron chi connectivity index (χ2n) is 5.25. The predicted molar refractivity (Wildman–Crippen MR) is 77.6 cm³/mol. The van der Waals surface area contributed by atoms with Gasteiger partial charge in [-0.1, -0.05) is 13.8 Å². The van der Waals surface area contributed by atoms with E-state index in [2.05, 4.69) is 20.1 Å². The number of hydrogen-bond acceptors (Lipinski definition) is 6. The molecule has 0 unspecified atom stereocenters. The van der Waals surface area contributed by atoms with Crippen LogP contribution < -0.4 is 10.6 Å². The van der Waals surface area contributed by atoms with E-state index < -0.39 is 29.9 Å². The Hall–Kier alpha value is -2.12. The smallest absolute Gasteiger partial charge is 0.328 e. The Kier molecular flexibility index (Phi) is 8.81. The van der Waals surface area contributed by atoms with Gasteiger partial charge in [0.15, 0.2) is 0 Å². The molecule has 8 nitrogen and oxygen atoms in total. The summed E-state index contributed by atoms with van der Waals surface area (Å²) in [5.41, 5.74) is 0. The van der Waals surface area contributed by atoms with Crippen LogP contribution in [0.5, 0.6) is 0 Å². The Bertz CT molecular complexity index is 422. The van der Waals surface area contributed by atoms with Gasteiger partial charge in [0, 0.05) is 6.92 Å². The van der Waals surface area contributed by atoms with Gasteiger partial charge < -0.3 is 20.1 Å². The van der Waals surface area contributed by atoms with Crippen molar-refractivity contribution in [2.75, 3.05) is 14.2 Å². The molecule has 0 aliphatic carbocycles. The topological polar surface area (TPSA) is 111 Å². The van der Waals surface area contributed by atoms with Gasteiger partial charge in [-0.25, -0.2) is 4.79 Å². The number of nitrogens with one attached hydrogen (secondary N) is 2. The highest BCUT2D eigenvalue weighted by Gasteiger charge is 2.29. The molecule has 0 saturated carbocycles. The Labute approximate surface area is 129 Å². The van der Waals surface area contributed by atoms with Gasteiger partial charge in [0.25, 0.3) is 0 Å². The molecular formula is C14H24N2O6. The summed E-state index contributed by atoms with van der Waals surface area (Å²) in [6.07, 6.45) is 0.0565. The third-order valence-corrected chi connectivity index (χ3v) is 2.80. The van der Waals surface area contributed by atoms with Crippen molar-refractivity contribution in [3.05, 3.63) is 0 Å². The molecule has 126 valence electrons. The van der Waals surface area contributed by atoms with Gasteiger partial charge in [-0.2, -0.15) is 0 Å². The molecule has 2 N–H and O–H groups in total. The third kappa shape index (κ3) is 7.61. The molecule has 2 atom stereocenters. The Morgan fingerprint density at radius 1 is 0.955 bits per heavy atom. The second-order valence-corrected chi connectivity index (χ2v) is 5.25. The van der Waals surface area contributed by atoms with Gasteiger partial charge in [-0.05, 0) is 12.3 Å². The fraction of sp³-hybridized carbons (Fsp3) is 0.714. The standard InChI is InChI=1S/C14H24N2O6/c1-8(2)6-10(15-9(3)17)13(19)16-11(14(20)22-5)7-12(18)21-4/h8,10-11H,6-7H2,1-5H3,(H,15,17)(H,16,19)/t10-,11+/m0/s1. The minimum atomic E-state index is -1.16. The van der Waals surface area contributed by atoms with Crippen molar-refractivity contribution in [3.8, 4) is 0 Å². The number of rotatable bonds is 8. The lowest BCUT2D eigenvalue weighted by molar-refractivity contribution is -0.151. The lowest BCUT2D eigenvalue weighted by atomic mass is 10.0. The van der Waals surface area contributed by atoms with Crippen LogP contribution in [-0.2, 0) is 28.7 Å². The molecule has 0 heterocycles. The van der Waals surface area contributed by atoms with E-state index >= 15 is 0 Å². The summed E-state index contributed by atoms with van der Waals surface area (Å²) >= 11 is 0. The molecule has 0 saturated heterocycles. The molecule has 22 heavy (non-hydrogen) atoms. The van der Waals surface area contributed by atoms with E-state index in [0.717, 1.165) is 7.11 Å². The first-order valence-corrected chi connectivity index (χ1v) is 6.93. The van der Waals surface area contributed by atoms with Gasteiger partial charge in [-0.3, -0.25) is 14.4 Å². The molecule has 0 aromatic carbocycles. The first-order chi connectivity index (χ1) is 10.2. The van der Waals surface area contributed by atoms with Crippen LogP contribution >= 0.6 is 0 Å². The summed E-state index contributed by atoms with van der Waals surface area (Å²) in [4.78, 5) is 46.3. The first kappa shape index (κ1) is 19.9. The van der Waals surface area contributed by atoms with Crippen molar-refractivity contribution < 1.29 is 28.7 Å². The van der Waals surface area contributed by atoms with Crippen LogP contribution in [0.2, 0.25) is 0 Å². The fourth-order valence-electron chi connectivity index (χ4n) is 1.81. The highest BCUT2D eigenvalue weighted by Crippen LogP contribution is 2.06. The normalized spacial score (nSPS) is 13.0. The molecule has 0 radical (unpaired) electrons. The van der Waals surface area contributed by atoms with Gasteiger partial charge in [0.05, 0.1) is 20.6 Å². The maximum absolute atomic E-state index is 12.2. The SMILES string of the molecule is COC(=O)C[C@@H](NC(=O)[C@H](CC(C)C)NC(C)=O)C(=O)OC. The number of carbonyl (C=O) groups excluding carboxylic acids is 4. The van der Waals surface area contributed by atoms with Gasteiger partial charge in [0.2, 0.25) is 11.8 Å². The molecule has 0 fully saturated rings. The summed E-state index contributed by atoms with van der Waals surface area (Å²) in [6.45, 7) is 5.09. The highest BCUT2D eigenvalue weighted by atomic mass is 16.5. The monoisotopic (exact) mass is 316 g/mol. The maximum atomic E-state index is 12.2. The Balaban J connectivity index is 4.96. The summed E-state index contributed by atoms with van der Waals surface area (Å²) in [5.74, 6) is -2.17. The zero-order valence-corrected chi connectivity index (χ0v) is 13.6. The average Bonchev–Trinajstić information content (AvgIpc) is 2.43. The van der Waals surface area contributed by atoms with E-state index in [-0.39, 0.29) is 18.2 Å².